The molecule has 0 aromatic heterocycles. The maximum absolute atomic E-state index is 11.5. The van der Waals surface area contributed by atoms with Crippen LogP contribution in [0.1, 0.15) is 39.0 Å². The third-order valence-corrected chi connectivity index (χ3v) is 2.36. The van der Waals surface area contributed by atoms with E-state index in [9.17, 15) is 9.59 Å². The quantitative estimate of drug-likeness (QED) is 0.655. The molecule has 0 aromatic rings. The lowest BCUT2D eigenvalue weighted by Crippen LogP contribution is -2.35. The molecule has 1 aliphatic carbocycles. The lowest BCUT2D eigenvalue weighted by molar-refractivity contribution is -0.144. The minimum absolute atomic E-state index is 0.228. The first kappa shape index (κ1) is 11.0. The van der Waals surface area contributed by atoms with E-state index < -0.39 is 5.97 Å². The van der Waals surface area contributed by atoms with E-state index in [-0.39, 0.29) is 12.3 Å². The van der Waals surface area contributed by atoms with Gasteiger partial charge in [-0.15, -0.1) is 0 Å². The molecule has 0 unspecified atom stereocenters. The predicted molar refractivity (Wildman–Crippen MR) is 51.9 cm³/mol. The largest absolute Gasteiger partial charge is 0.481 e. The Bertz CT molecular complexity index is 223. The second-order valence-corrected chi connectivity index (χ2v) is 3.74. The number of rotatable bonds is 6. The van der Waals surface area contributed by atoms with Crippen LogP contribution < -0.4 is 0 Å². The van der Waals surface area contributed by atoms with E-state index in [4.69, 9.17) is 5.11 Å². The van der Waals surface area contributed by atoms with Crippen LogP contribution in [-0.4, -0.2) is 34.5 Å². The normalized spacial score (nSPS) is 15.2. The van der Waals surface area contributed by atoms with Crippen molar-refractivity contribution in [3.8, 4) is 0 Å². The van der Waals surface area contributed by atoms with Gasteiger partial charge in [-0.25, -0.2) is 0 Å². The molecular formula is C10H17NO3. The Balaban J connectivity index is 2.40. The van der Waals surface area contributed by atoms with Crippen molar-refractivity contribution in [2.45, 2.75) is 45.1 Å². The molecule has 0 aliphatic heterocycles. The van der Waals surface area contributed by atoms with Gasteiger partial charge in [-0.3, -0.25) is 9.59 Å². The fourth-order valence-corrected chi connectivity index (χ4v) is 1.46. The average Bonchev–Trinajstić information content (AvgIpc) is 2.87. The molecule has 1 aliphatic rings. The minimum Gasteiger partial charge on any atom is -0.481 e. The fraction of sp³-hybridized carbons (Fsp3) is 0.800. The van der Waals surface area contributed by atoms with Gasteiger partial charge in [0.1, 0.15) is 6.42 Å². The highest BCUT2D eigenvalue weighted by Crippen LogP contribution is 2.27. The van der Waals surface area contributed by atoms with Crippen molar-refractivity contribution in [1.82, 2.24) is 4.90 Å². The van der Waals surface area contributed by atoms with Gasteiger partial charge in [0, 0.05) is 12.6 Å². The van der Waals surface area contributed by atoms with Crippen molar-refractivity contribution in [2.75, 3.05) is 6.54 Å². The second-order valence-electron chi connectivity index (χ2n) is 3.74. The highest BCUT2D eigenvalue weighted by Gasteiger charge is 2.32. The van der Waals surface area contributed by atoms with E-state index in [0.717, 1.165) is 25.7 Å². The van der Waals surface area contributed by atoms with Crippen LogP contribution >= 0.6 is 0 Å². The van der Waals surface area contributed by atoms with Gasteiger partial charge in [0.25, 0.3) is 0 Å². The van der Waals surface area contributed by atoms with Crippen molar-refractivity contribution in [3.05, 3.63) is 0 Å². The van der Waals surface area contributed by atoms with Gasteiger partial charge in [-0.05, 0) is 19.3 Å². The molecule has 0 heterocycles. The topological polar surface area (TPSA) is 57.6 Å². The van der Waals surface area contributed by atoms with Gasteiger partial charge in [-0.1, -0.05) is 13.3 Å². The number of carboxylic acid groups (broad SMARTS) is 1. The number of amides is 1. The summed E-state index contributed by atoms with van der Waals surface area (Å²) in [6.07, 6.45) is 3.70. The molecule has 4 nitrogen and oxygen atoms in total. The molecule has 14 heavy (non-hydrogen) atoms. The summed E-state index contributed by atoms with van der Waals surface area (Å²) in [4.78, 5) is 23.6. The molecule has 0 spiro atoms. The van der Waals surface area contributed by atoms with Crippen LogP contribution in [0.3, 0.4) is 0 Å². The zero-order valence-corrected chi connectivity index (χ0v) is 8.53. The van der Waals surface area contributed by atoms with Crippen LogP contribution in [0.25, 0.3) is 0 Å². The molecule has 0 radical (unpaired) electrons. The SMILES string of the molecule is CCCCN(C(=O)CC(=O)O)C1CC1. The van der Waals surface area contributed by atoms with Crippen LogP contribution in [0.4, 0.5) is 0 Å². The van der Waals surface area contributed by atoms with Gasteiger partial charge in [0.05, 0.1) is 0 Å². The predicted octanol–water partition coefficient (Wildman–Crippen LogP) is 1.25. The lowest BCUT2D eigenvalue weighted by atomic mass is 10.3. The number of carbonyl (C=O) groups excluding carboxylic acids is 1. The maximum Gasteiger partial charge on any atom is 0.312 e. The Labute approximate surface area is 83.9 Å². The number of carboxylic acids is 1. The maximum atomic E-state index is 11.5. The Hall–Kier alpha value is -1.06. The van der Waals surface area contributed by atoms with Gasteiger partial charge < -0.3 is 10.0 Å². The van der Waals surface area contributed by atoms with Crippen LogP contribution in [-0.2, 0) is 9.59 Å². The smallest absolute Gasteiger partial charge is 0.312 e. The summed E-state index contributed by atoms with van der Waals surface area (Å²) in [5, 5.41) is 8.51. The van der Waals surface area contributed by atoms with Gasteiger partial charge >= 0.3 is 5.97 Å². The summed E-state index contributed by atoms with van der Waals surface area (Å²) < 4.78 is 0. The number of nitrogens with zero attached hydrogens (tertiary/aromatic N) is 1. The molecule has 0 saturated heterocycles. The fourth-order valence-electron chi connectivity index (χ4n) is 1.46. The van der Waals surface area contributed by atoms with Crippen molar-refractivity contribution in [3.63, 3.8) is 0 Å². The zero-order valence-electron chi connectivity index (χ0n) is 8.53. The summed E-state index contributed by atoms with van der Waals surface area (Å²) in [5.74, 6) is -1.26. The summed E-state index contributed by atoms with van der Waals surface area (Å²) >= 11 is 0. The molecule has 80 valence electrons. The number of hydrogen-bond donors (Lipinski definition) is 1. The average molecular weight is 199 g/mol. The highest BCUT2D eigenvalue weighted by molar-refractivity contribution is 5.93. The van der Waals surface area contributed by atoms with Crippen molar-refractivity contribution < 1.29 is 14.7 Å². The molecule has 1 fully saturated rings. The minimum atomic E-state index is -1.03. The van der Waals surface area contributed by atoms with Crippen molar-refractivity contribution in [1.29, 1.82) is 0 Å². The van der Waals surface area contributed by atoms with E-state index in [2.05, 4.69) is 6.92 Å². The third-order valence-electron chi connectivity index (χ3n) is 2.36. The second kappa shape index (κ2) is 4.98. The van der Waals surface area contributed by atoms with Crippen molar-refractivity contribution >= 4 is 11.9 Å². The van der Waals surface area contributed by atoms with Crippen LogP contribution in [0, 0.1) is 0 Å². The first-order valence-corrected chi connectivity index (χ1v) is 5.16. The number of carbonyl (C=O) groups is 2. The third kappa shape index (κ3) is 3.36. The summed E-state index contributed by atoms with van der Waals surface area (Å²) in [7, 11) is 0. The van der Waals surface area contributed by atoms with Crippen LogP contribution in [0.2, 0.25) is 0 Å². The molecule has 4 heteroatoms. The zero-order chi connectivity index (χ0) is 10.6. The highest BCUT2D eigenvalue weighted by atomic mass is 16.4. The molecule has 1 saturated carbocycles. The first-order valence-electron chi connectivity index (χ1n) is 5.16. The van der Waals surface area contributed by atoms with Crippen LogP contribution in [0.15, 0.2) is 0 Å². The summed E-state index contributed by atoms with van der Waals surface area (Å²) in [5.41, 5.74) is 0. The molecule has 0 atom stereocenters. The van der Waals surface area contributed by atoms with Gasteiger partial charge in [0.2, 0.25) is 5.91 Å². The lowest BCUT2D eigenvalue weighted by Gasteiger charge is -2.21. The van der Waals surface area contributed by atoms with Gasteiger partial charge in [-0.2, -0.15) is 0 Å². The van der Waals surface area contributed by atoms with E-state index in [1.54, 1.807) is 4.90 Å². The molecular weight excluding hydrogens is 182 g/mol. The number of hydrogen-bond acceptors (Lipinski definition) is 2. The Morgan fingerprint density at radius 2 is 2.07 bits per heavy atom. The summed E-state index contributed by atoms with van der Waals surface area (Å²) in [6.45, 7) is 2.78. The van der Waals surface area contributed by atoms with E-state index in [0.29, 0.717) is 12.6 Å². The molecule has 1 N–H and O–H groups in total. The number of unbranched alkanes of at least 4 members (excludes halogenated alkanes) is 1. The Morgan fingerprint density at radius 3 is 2.50 bits per heavy atom. The monoisotopic (exact) mass is 199 g/mol. The Kier molecular flexibility index (Phi) is 3.92. The Morgan fingerprint density at radius 1 is 1.43 bits per heavy atom. The first-order chi connectivity index (χ1) is 6.65. The van der Waals surface area contributed by atoms with E-state index >= 15 is 0 Å². The van der Waals surface area contributed by atoms with E-state index in [1.807, 2.05) is 0 Å². The van der Waals surface area contributed by atoms with Crippen LogP contribution in [0.5, 0.6) is 0 Å². The summed E-state index contributed by atoms with van der Waals surface area (Å²) in [6, 6.07) is 0.327. The van der Waals surface area contributed by atoms with E-state index in [1.165, 1.54) is 0 Å². The molecule has 0 aromatic carbocycles. The van der Waals surface area contributed by atoms with Crippen molar-refractivity contribution in [2.24, 2.45) is 0 Å². The molecule has 0 bridgehead atoms. The molecule has 1 amide bonds. The van der Waals surface area contributed by atoms with Gasteiger partial charge in [0.15, 0.2) is 0 Å². The standard InChI is InChI=1S/C10H17NO3/c1-2-3-6-11(8-4-5-8)9(12)7-10(13)14/h8H,2-7H2,1H3,(H,13,14). The number of aliphatic carboxylic acids is 1. The molecule has 1 rings (SSSR count).